The van der Waals surface area contributed by atoms with Gasteiger partial charge in [0.25, 0.3) is 0 Å². The van der Waals surface area contributed by atoms with E-state index in [1.54, 1.807) is 19.1 Å². The Labute approximate surface area is 104 Å². The van der Waals surface area contributed by atoms with Gasteiger partial charge in [0.1, 0.15) is 5.75 Å². The van der Waals surface area contributed by atoms with E-state index in [1.807, 2.05) is 0 Å². The van der Waals surface area contributed by atoms with Gasteiger partial charge in [-0.1, -0.05) is 6.07 Å². The molecule has 6 nitrogen and oxygen atoms in total. The Morgan fingerprint density at radius 3 is 2.94 bits per heavy atom. The summed E-state index contributed by atoms with van der Waals surface area (Å²) in [5.74, 6) is -0.199. The van der Waals surface area contributed by atoms with E-state index in [0.29, 0.717) is 24.3 Å². The SMILES string of the molecule is C[C@H]1[C@@H](O)Oc2cc(C(N)=O)ccc2CN1C=O. The molecule has 96 valence electrons. The van der Waals surface area contributed by atoms with Crippen molar-refractivity contribution in [2.24, 2.45) is 5.73 Å². The first kappa shape index (κ1) is 12.4. The number of aliphatic hydroxyl groups excluding tert-OH is 1. The van der Waals surface area contributed by atoms with Gasteiger partial charge in [-0.2, -0.15) is 0 Å². The first-order valence-electron chi connectivity index (χ1n) is 5.51. The third-order valence-corrected chi connectivity index (χ3v) is 3.02. The number of benzene rings is 1. The molecule has 0 radical (unpaired) electrons. The lowest BCUT2D eigenvalue weighted by Crippen LogP contribution is -2.41. The molecule has 0 unspecified atom stereocenters. The van der Waals surface area contributed by atoms with Gasteiger partial charge in [0.05, 0.1) is 6.04 Å². The number of amides is 2. The molecule has 1 aromatic rings. The van der Waals surface area contributed by atoms with Gasteiger partial charge in [-0.25, -0.2) is 0 Å². The second-order valence-corrected chi connectivity index (χ2v) is 4.21. The molecular formula is C12H14N2O4. The van der Waals surface area contributed by atoms with Gasteiger partial charge in [0.15, 0.2) is 0 Å². The minimum atomic E-state index is -1.14. The number of ether oxygens (including phenoxy) is 1. The van der Waals surface area contributed by atoms with Crippen molar-refractivity contribution in [2.45, 2.75) is 25.8 Å². The van der Waals surface area contributed by atoms with Crippen LogP contribution in [0.4, 0.5) is 0 Å². The Bertz CT molecular complexity index is 489. The minimum absolute atomic E-state index is 0.299. The maximum atomic E-state index is 11.1. The Hall–Kier alpha value is -2.08. The van der Waals surface area contributed by atoms with Gasteiger partial charge in [-0.05, 0) is 19.1 Å². The summed E-state index contributed by atoms with van der Waals surface area (Å²) in [6.45, 7) is 2.00. The molecule has 1 heterocycles. The topological polar surface area (TPSA) is 92.9 Å². The monoisotopic (exact) mass is 250 g/mol. The fraction of sp³-hybridized carbons (Fsp3) is 0.333. The molecule has 2 amide bonds. The molecule has 2 rings (SSSR count). The van der Waals surface area contributed by atoms with Gasteiger partial charge < -0.3 is 20.5 Å². The molecule has 0 saturated heterocycles. The van der Waals surface area contributed by atoms with Crippen molar-refractivity contribution in [1.82, 2.24) is 4.90 Å². The van der Waals surface area contributed by atoms with E-state index >= 15 is 0 Å². The van der Waals surface area contributed by atoms with Crippen LogP contribution in [0, 0.1) is 0 Å². The summed E-state index contributed by atoms with van der Waals surface area (Å²) < 4.78 is 5.34. The van der Waals surface area contributed by atoms with Crippen LogP contribution in [0.15, 0.2) is 18.2 Å². The van der Waals surface area contributed by atoms with Crippen molar-refractivity contribution in [3.05, 3.63) is 29.3 Å². The standard InChI is InChI=1S/C12H14N2O4/c1-7-12(17)18-10-4-8(11(13)16)2-3-9(10)5-14(7)6-15/h2-4,6-7,12,17H,5H2,1H3,(H2,13,16)/t7-,12-/m0/s1. The highest BCUT2D eigenvalue weighted by Crippen LogP contribution is 2.27. The molecule has 18 heavy (non-hydrogen) atoms. The second kappa shape index (κ2) is 4.66. The Morgan fingerprint density at radius 1 is 1.61 bits per heavy atom. The summed E-state index contributed by atoms with van der Waals surface area (Å²) in [4.78, 5) is 23.4. The molecule has 6 heteroatoms. The minimum Gasteiger partial charge on any atom is -0.463 e. The molecule has 1 aliphatic rings. The molecule has 3 N–H and O–H groups in total. The van der Waals surface area contributed by atoms with Crippen LogP contribution in [0.3, 0.4) is 0 Å². The van der Waals surface area contributed by atoms with Crippen molar-refractivity contribution >= 4 is 12.3 Å². The maximum Gasteiger partial charge on any atom is 0.248 e. The summed E-state index contributed by atoms with van der Waals surface area (Å²) in [6.07, 6.45) is -0.478. The highest BCUT2D eigenvalue weighted by atomic mass is 16.6. The lowest BCUT2D eigenvalue weighted by atomic mass is 10.1. The van der Waals surface area contributed by atoms with E-state index in [-0.39, 0.29) is 0 Å². The molecule has 0 spiro atoms. The predicted molar refractivity (Wildman–Crippen MR) is 62.7 cm³/mol. The van der Waals surface area contributed by atoms with Gasteiger partial charge in [-0.15, -0.1) is 0 Å². The summed E-state index contributed by atoms with van der Waals surface area (Å²) in [5, 5.41) is 9.80. The molecule has 0 fully saturated rings. The highest BCUT2D eigenvalue weighted by Gasteiger charge is 2.28. The van der Waals surface area contributed by atoms with Crippen LogP contribution in [0.2, 0.25) is 0 Å². The lowest BCUT2D eigenvalue weighted by Gasteiger charge is -2.24. The fourth-order valence-corrected chi connectivity index (χ4v) is 1.81. The molecule has 1 aromatic carbocycles. The highest BCUT2D eigenvalue weighted by molar-refractivity contribution is 5.93. The first-order chi connectivity index (χ1) is 8.52. The number of carbonyl (C=O) groups is 2. The van der Waals surface area contributed by atoms with Crippen LogP contribution >= 0.6 is 0 Å². The third-order valence-electron chi connectivity index (χ3n) is 3.02. The number of aliphatic hydroxyl groups is 1. The summed E-state index contributed by atoms with van der Waals surface area (Å²) in [5.41, 5.74) is 6.20. The Balaban J connectivity index is 2.41. The number of hydrogen-bond acceptors (Lipinski definition) is 4. The van der Waals surface area contributed by atoms with E-state index in [0.717, 1.165) is 5.56 Å². The second-order valence-electron chi connectivity index (χ2n) is 4.21. The average molecular weight is 250 g/mol. The number of fused-ring (bicyclic) bond motifs is 1. The molecule has 2 atom stereocenters. The van der Waals surface area contributed by atoms with Crippen LogP contribution < -0.4 is 10.5 Å². The normalized spacial score (nSPS) is 22.7. The van der Waals surface area contributed by atoms with Crippen LogP contribution in [-0.2, 0) is 11.3 Å². The molecular weight excluding hydrogens is 236 g/mol. The van der Waals surface area contributed by atoms with Crippen molar-refractivity contribution in [3.8, 4) is 5.75 Å². The number of primary amides is 1. The number of carbonyl (C=O) groups excluding carboxylic acids is 2. The average Bonchev–Trinajstić information content (AvgIpc) is 2.46. The molecule has 0 aromatic heterocycles. The van der Waals surface area contributed by atoms with Crippen molar-refractivity contribution in [1.29, 1.82) is 0 Å². The van der Waals surface area contributed by atoms with E-state index in [2.05, 4.69) is 0 Å². The largest absolute Gasteiger partial charge is 0.463 e. The number of rotatable bonds is 2. The lowest BCUT2D eigenvalue weighted by molar-refractivity contribution is -0.128. The van der Waals surface area contributed by atoms with Crippen LogP contribution in [0.1, 0.15) is 22.8 Å². The first-order valence-corrected chi connectivity index (χ1v) is 5.51. The zero-order valence-electron chi connectivity index (χ0n) is 9.87. The molecule has 1 aliphatic heterocycles. The Morgan fingerprint density at radius 2 is 2.33 bits per heavy atom. The third kappa shape index (κ3) is 2.14. The molecule has 0 aliphatic carbocycles. The van der Waals surface area contributed by atoms with Crippen LogP contribution in [0.5, 0.6) is 5.75 Å². The van der Waals surface area contributed by atoms with Gasteiger partial charge >= 0.3 is 0 Å². The number of nitrogens with zero attached hydrogens (tertiary/aromatic N) is 1. The smallest absolute Gasteiger partial charge is 0.248 e. The zero-order chi connectivity index (χ0) is 13.3. The van der Waals surface area contributed by atoms with Crippen molar-refractivity contribution < 1.29 is 19.4 Å². The van der Waals surface area contributed by atoms with Crippen LogP contribution in [-0.4, -0.2) is 34.7 Å². The van der Waals surface area contributed by atoms with Crippen molar-refractivity contribution in [3.63, 3.8) is 0 Å². The van der Waals surface area contributed by atoms with E-state index in [9.17, 15) is 14.7 Å². The van der Waals surface area contributed by atoms with Gasteiger partial charge in [0, 0.05) is 17.7 Å². The fourth-order valence-electron chi connectivity index (χ4n) is 1.81. The number of nitrogens with two attached hydrogens (primary N) is 1. The summed E-state index contributed by atoms with van der Waals surface area (Å²) >= 11 is 0. The van der Waals surface area contributed by atoms with Gasteiger partial charge in [0.2, 0.25) is 18.6 Å². The van der Waals surface area contributed by atoms with E-state index in [4.69, 9.17) is 10.5 Å². The van der Waals surface area contributed by atoms with Crippen molar-refractivity contribution in [2.75, 3.05) is 0 Å². The predicted octanol–water partition coefficient (Wildman–Crippen LogP) is -0.157. The number of hydrogen-bond donors (Lipinski definition) is 2. The quantitative estimate of drug-likeness (QED) is 0.713. The summed E-state index contributed by atoms with van der Waals surface area (Å²) in [7, 11) is 0. The van der Waals surface area contributed by atoms with Crippen LogP contribution in [0.25, 0.3) is 0 Å². The molecule has 0 saturated carbocycles. The van der Waals surface area contributed by atoms with E-state index < -0.39 is 18.2 Å². The zero-order valence-corrected chi connectivity index (χ0v) is 9.87. The maximum absolute atomic E-state index is 11.1. The van der Waals surface area contributed by atoms with E-state index in [1.165, 1.54) is 11.0 Å². The Kier molecular flexibility index (Phi) is 3.20. The van der Waals surface area contributed by atoms with Gasteiger partial charge in [-0.3, -0.25) is 9.59 Å². The molecule has 0 bridgehead atoms. The summed E-state index contributed by atoms with van der Waals surface area (Å²) in [6, 6.07) is 4.24.